The molecule has 3 heteroatoms. The van der Waals surface area contributed by atoms with E-state index in [2.05, 4.69) is 55.0 Å². The van der Waals surface area contributed by atoms with Crippen molar-refractivity contribution in [2.45, 2.75) is 27.7 Å². The summed E-state index contributed by atoms with van der Waals surface area (Å²) >= 11 is 5.97. The maximum absolute atomic E-state index is 5.97. The number of hydrazine groups is 1. The Hall–Kier alpha value is -1.77. The van der Waals surface area contributed by atoms with Crippen LogP contribution in [0.25, 0.3) is 11.3 Å². The van der Waals surface area contributed by atoms with Crippen LogP contribution in [0.15, 0.2) is 42.5 Å². The van der Waals surface area contributed by atoms with Crippen molar-refractivity contribution in [1.82, 2.24) is 10.9 Å². The molecule has 0 atom stereocenters. The Kier molecular flexibility index (Phi) is 5.64. The van der Waals surface area contributed by atoms with E-state index >= 15 is 0 Å². The highest BCUT2D eigenvalue weighted by Gasteiger charge is 2.18. The smallest absolute Gasteiger partial charge is 0.0614 e. The summed E-state index contributed by atoms with van der Waals surface area (Å²) in [5.74, 6) is 0. The van der Waals surface area contributed by atoms with Gasteiger partial charge in [0.2, 0.25) is 0 Å². The Labute approximate surface area is 138 Å². The molecule has 0 spiro atoms. The van der Waals surface area contributed by atoms with E-state index in [1.54, 1.807) is 0 Å². The van der Waals surface area contributed by atoms with E-state index in [9.17, 15) is 0 Å². The number of halogens is 1. The van der Waals surface area contributed by atoms with Gasteiger partial charge in [-0.3, -0.25) is 0 Å². The summed E-state index contributed by atoms with van der Waals surface area (Å²) in [4.78, 5) is 0. The molecule has 2 aromatic rings. The number of nitrogens with one attached hydrogen (secondary N) is 2. The largest absolute Gasteiger partial charge is 0.320 e. The number of benzene rings is 2. The fourth-order valence-electron chi connectivity index (χ4n) is 2.61. The lowest BCUT2D eigenvalue weighted by Crippen LogP contribution is -2.23. The number of aryl methyl sites for hydroxylation is 2. The summed E-state index contributed by atoms with van der Waals surface area (Å²) in [6.45, 7) is 9.07. The average Bonchev–Trinajstić information content (AvgIpc) is 2.99. The summed E-state index contributed by atoms with van der Waals surface area (Å²) < 4.78 is 0. The van der Waals surface area contributed by atoms with Gasteiger partial charge in [0.15, 0.2) is 0 Å². The highest BCUT2D eigenvalue weighted by atomic mass is 35.5. The van der Waals surface area contributed by atoms with Gasteiger partial charge in [0, 0.05) is 22.7 Å². The van der Waals surface area contributed by atoms with Gasteiger partial charge < -0.3 is 5.43 Å². The first-order chi connectivity index (χ1) is 10.6. The lowest BCUT2D eigenvalue weighted by molar-refractivity contribution is 0.741. The van der Waals surface area contributed by atoms with Gasteiger partial charge in [-0.15, -0.1) is 0 Å². The van der Waals surface area contributed by atoms with E-state index in [0.717, 1.165) is 17.3 Å². The van der Waals surface area contributed by atoms with Crippen molar-refractivity contribution < 1.29 is 0 Å². The van der Waals surface area contributed by atoms with Crippen molar-refractivity contribution in [2.75, 3.05) is 6.54 Å². The van der Waals surface area contributed by atoms with E-state index in [-0.39, 0.29) is 0 Å². The zero-order valence-corrected chi connectivity index (χ0v) is 14.4. The third kappa shape index (κ3) is 3.52. The Balaban J connectivity index is 0.000000847. The SMILES string of the molecule is CC.Cc1ccc(C2=C(c3ccc(Cl)cc3)CNN2)c(C)c1. The van der Waals surface area contributed by atoms with Gasteiger partial charge in [0.1, 0.15) is 0 Å². The van der Waals surface area contributed by atoms with Crippen LogP contribution in [0.4, 0.5) is 0 Å². The Morgan fingerprint density at radius 1 is 0.955 bits per heavy atom. The minimum Gasteiger partial charge on any atom is -0.320 e. The fraction of sp³-hybridized carbons (Fsp3) is 0.263. The van der Waals surface area contributed by atoms with E-state index in [1.165, 1.54) is 27.8 Å². The first kappa shape index (κ1) is 16.6. The van der Waals surface area contributed by atoms with E-state index in [4.69, 9.17) is 11.6 Å². The topological polar surface area (TPSA) is 24.1 Å². The van der Waals surface area contributed by atoms with Crippen molar-refractivity contribution in [3.63, 3.8) is 0 Å². The molecule has 22 heavy (non-hydrogen) atoms. The average molecular weight is 315 g/mol. The second-order valence-corrected chi connectivity index (χ2v) is 5.59. The molecule has 1 aliphatic heterocycles. The van der Waals surface area contributed by atoms with Crippen molar-refractivity contribution in [1.29, 1.82) is 0 Å². The van der Waals surface area contributed by atoms with Gasteiger partial charge >= 0.3 is 0 Å². The monoisotopic (exact) mass is 314 g/mol. The van der Waals surface area contributed by atoms with Crippen LogP contribution in [0.3, 0.4) is 0 Å². The second kappa shape index (κ2) is 7.48. The normalized spacial score (nSPS) is 13.5. The van der Waals surface area contributed by atoms with Crippen LogP contribution in [0.2, 0.25) is 5.02 Å². The van der Waals surface area contributed by atoms with Crippen molar-refractivity contribution in [3.8, 4) is 0 Å². The van der Waals surface area contributed by atoms with Crippen LogP contribution in [-0.2, 0) is 0 Å². The first-order valence-electron chi connectivity index (χ1n) is 7.71. The lowest BCUT2D eigenvalue weighted by atomic mass is 9.97. The molecule has 0 aliphatic carbocycles. The van der Waals surface area contributed by atoms with Crippen molar-refractivity contribution in [2.24, 2.45) is 0 Å². The third-order valence-electron chi connectivity index (χ3n) is 3.62. The number of rotatable bonds is 2. The van der Waals surface area contributed by atoms with E-state index in [0.29, 0.717) is 0 Å². The fourth-order valence-corrected chi connectivity index (χ4v) is 2.73. The van der Waals surface area contributed by atoms with Crippen molar-refractivity contribution in [3.05, 3.63) is 69.7 Å². The Morgan fingerprint density at radius 3 is 2.27 bits per heavy atom. The molecule has 1 aliphatic rings. The zero-order valence-electron chi connectivity index (χ0n) is 13.6. The summed E-state index contributed by atoms with van der Waals surface area (Å²) in [5.41, 5.74) is 13.9. The molecular weight excluding hydrogens is 292 g/mol. The van der Waals surface area contributed by atoms with Crippen LogP contribution < -0.4 is 10.9 Å². The predicted molar refractivity (Wildman–Crippen MR) is 96.7 cm³/mol. The highest BCUT2D eigenvalue weighted by molar-refractivity contribution is 6.30. The van der Waals surface area contributed by atoms with Gasteiger partial charge in [-0.05, 0) is 37.1 Å². The number of hydrogen-bond acceptors (Lipinski definition) is 2. The van der Waals surface area contributed by atoms with Gasteiger partial charge in [-0.2, -0.15) is 0 Å². The molecule has 3 rings (SSSR count). The molecule has 2 nitrogen and oxygen atoms in total. The summed E-state index contributed by atoms with van der Waals surface area (Å²) in [5, 5.41) is 0.765. The third-order valence-corrected chi connectivity index (χ3v) is 3.88. The van der Waals surface area contributed by atoms with Crippen LogP contribution in [0.1, 0.15) is 36.1 Å². The van der Waals surface area contributed by atoms with Crippen LogP contribution >= 0.6 is 11.6 Å². The highest BCUT2D eigenvalue weighted by Crippen LogP contribution is 2.29. The quantitative estimate of drug-likeness (QED) is 0.818. The Morgan fingerprint density at radius 2 is 1.64 bits per heavy atom. The molecule has 2 aromatic carbocycles. The summed E-state index contributed by atoms with van der Waals surface area (Å²) in [6, 6.07) is 14.5. The van der Waals surface area contributed by atoms with Gasteiger partial charge in [0.25, 0.3) is 0 Å². The second-order valence-electron chi connectivity index (χ2n) is 5.16. The summed E-state index contributed by atoms with van der Waals surface area (Å²) in [7, 11) is 0. The van der Waals surface area contributed by atoms with Crippen LogP contribution in [-0.4, -0.2) is 6.54 Å². The Bertz CT molecular complexity index is 672. The first-order valence-corrected chi connectivity index (χ1v) is 8.08. The molecule has 116 valence electrons. The summed E-state index contributed by atoms with van der Waals surface area (Å²) in [6.07, 6.45) is 0. The standard InChI is InChI=1S/C17H17ClN2.C2H6/c1-11-3-8-15(12(2)9-11)17-16(10-19-20-17)13-4-6-14(18)7-5-13;1-2/h3-9,19-20H,10H2,1-2H3;1-2H3. The molecule has 0 unspecified atom stereocenters. The molecule has 0 saturated carbocycles. The van der Waals surface area contributed by atoms with E-state index < -0.39 is 0 Å². The maximum Gasteiger partial charge on any atom is 0.0614 e. The molecule has 0 amide bonds. The molecule has 0 aromatic heterocycles. The van der Waals surface area contributed by atoms with E-state index in [1.807, 2.05) is 26.0 Å². The minimum atomic E-state index is 0.765. The maximum atomic E-state index is 5.97. The zero-order chi connectivity index (χ0) is 16.1. The van der Waals surface area contributed by atoms with Crippen LogP contribution in [0.5, 0.6) is 0 Å². The molecule has 0 fully saturated rings. The van der Waals surface area contributed by atoms with Gasteiger partial charge in [-0.1, -0.05) is 61.3 Å². The van der Waals surface area contributed by atoms with Gasteiger partial charge in [0.05, 0.1) is 5.70 Å². The molecular formula is C19H23ClN2. The molecule has 1 heterocycles. The van der Waals surface area contributed by atoms with Gasteiger partial charge in [-0.25, -0.2) is 5.43 Å². The lowest BCUT2D eigenvalue weighted by Gasteiger charge is -2.11. The number of hydrogen-bond donors (Lipinski definition) is 2. The predicted octanol–water partition coefficient (Wildman–Crippen LogP) is 4.96. The van der Waals surface area contributed by atoms with Crippen molar-refractivity contribution >= 4 is 22.9 Å². The molecule has 0 radical (unpaired) electrons. The molecule has 0 saturated heterocycles. The molecule has 0 bridgehead atoms. The van der Waals surface area contributed by atoms with Crippen LogP contribution in [0, 0.1) is 13.8 Å². The minimum absolute atomic E-state index is 0.765. The molecule has 2 N–H and O–H groups in total.